The number of hydrogen-bond acceptors (Lipinski definition) is 3. The summed E-state index contributed by atoms with van der Waals surface area (Å²) in [5.41, 5.74) is 2.02. The maximum atomic E-state index is 12.8. The topological polar surface area (TPSA) is 64.0 Å². The van der Waals surface area contributed by atoms with Crippen molar-refractivity contribution >= 4 is 20.9 Å². The summed E-state index contributed by atoms with van der Waals surface area (Å²) in [6, 6.07) is 8.51. The minimum atomic E-state index is -4.39. The highest BCUT2D eigenvalue weighted by molar-refractivity contribution is 7.89. The predicted octanol–water partition coefficient (Wildman–Crippen LogP) is 3.35. The highest BCUT2D eigenvalue weighted by Gasteiger charge is 2.30. The van der Waals surface area contributed by atoms with Crippen molar-refractivity contribution in [2.75, 3.05) is 12.8 Å². The third kappa shape index (κ3) is 4.30. The molecule has 3 rings (SSSR count). The van der Waals surface area contributed by atoms with Crippen molar-refractivity contribution in [1.29, 1.82) is 0 Å². The van der Waals surface area contributed by atoms with Crippen LogP contribution in [0.25, 0.3) is 22.0 Å². The Hall–Kier alpha value is -2.39. The monoisotopic (exact) mass is 397 g/mol. The molecule has 0 aliphatic heterocycles. The zero-order chi connectivity index (χ0) is 19.8. The molecule has 2 aromatic carbocycles. The second-order valence-electron chi connectivity index (χ2n) is 6.22. The molecule has 0 bridgehead atoms. The molecule has 1 heterocycles. The van der Waals surface area contributed by atoms with Crippen molar-refractivity contribution in [3.8, 4) is 11.1 Å². The second kappa shape index (κ2) is 6.97. The maximum Gasteiger partial charge on any atom is 0.416 e. The predicted molar refractivity (Wildman–Crippen MR) is 97.7 cm³/mol. The minimum absolute atomic E-state index is 0.106. The molecule has 0 saturated carbocycles. The molecule has 27 heavy (non-hydrogen) atoms. The average Bonchev–Trinajstić information content (AvgIpc) is 2.99. The van der Waals surface area contributed by atoms with E-state index in [9.17, 15) is 21.6 Å². The Labute approximate surface area is 154 Å². The van der Waals surface area contributed by atoms with E-state index in [1.807, 2.05) is 6.07 Å². The van der Waals surface area contributed by atoms with E-state index in [2.05, 4.69) is 9.82 Å². The Morgan fingerprint density at radius 1 is 1.11 bits per heavy atom. The normalized spacial score (nSPS) is 12.6. The van der Waals surface area contributed by atoms with Crippen LogP contribution in [0.15, 0.2) is 42.6 Å². The van der Waals surface area contributed by atoms with Crippen LogP contribution in [0.2, 0.25) is 0 Å². The fourth-order valence-corrected chi connectivity index (χ4v) is 3.58. The van der Waals surface area contributed by atoms with Crippen LogP contribution in [0, 0.1) is 0 Å². The fourth-order valence-electron chi connectivity index (χ4n) is 2.88. The van der Waals surface area contributed by atoms with Gasteiger partial charge in [0.2, 0.25) is 10.0 Å². The zero-order valence-electron chi connectivity index (χ0n) is 14.7. The summed E-state index contributed by atoms with van der Waals surface area (Å²) in [6.07, 6.45) is -2.36. The molecule has 0 spiro atoms. The van der Waals surface area contributed by atoms with E-state index in [0.717, 1.165) is 23.1 Å². The van der Waals surface area contributed by atoms with E-state index in [1.54, 1.807) is 24.0 Å². The molecule has 5 nitrogen and oxygen atoms in total. The molecule has 0 atom stereocenters. The number of nitrogens with one attached hydrogen (secondary N) is 1. The van der Waals surface area contributed by atoms with Crippen molar-refractivity contribution in [3.05, 3.63) is 53.7 Å². The molecule has 3 aromatic rings. The van der Waals surface area contributed by atoms with Crippen LogP contribution >= 0.6 is 0 Å². The molecular formula is C18H18F3N3O2S. The number of benzene rings is 2. The zero-order valence-corrected chi connectivity index (χ0v) is 15.5. The van der Waals surface area contributed by atoms with E-state index < -0.39 is 21.8 Å². The number of hydrogen-bond donors (Lipinski definition) is 1. The quantitative estimate of drug-likeness (QED) is 0.718. The Kier molecular flexibility index (Phi) is 5.00. The van der Waals surface area contributed by atoms with Gasteiger partial charge in [-0.3, -0.25) is 4.68 Å². The Balaban J connectivity index is 2.03. The lowest BCUT2D eigenvalue weighted by Crippen LogP contribution is -2.23. The number of aromatic nitrogens is 2. The van der Waals surface area contributed by atoms with Gasteiger partial charge < -0.3 is 0 Å². The first-order chi connectivity index (χ1) is 12.6. The smallest absolute Gasteiger partial charge is 0.275 e. The van der Waals surface area contributed by atoms with Crippen molar-refractivity contribution in [2.45, 2.75) is 12.6 Å². The summed E-state index contributed by atoms with van der Waals surface area (Å²) in [5, 5.41) is 5.17. The lowest BCUT2D eigenvalue weighted by molar-refractivity contribution is -0.137. The number of nitrogens with zero attached hydrogens (tertiary/aromatic N) is 2. The van der Waals surface area contributed by atoms with Gasteiger partial charge in [-0.25, -0.2) is 13.1 Å². The average molecular weight is 397 g/mol. The van der Waals surface area contributed by atoms with E-state index in [0.29, 0.717) is 16.6 Å². The van der Waals surface area contributed by atoms with Crippen LogP contribution in [-0.2, 0) is 29.7 Å². The van der Waals surface area contributed by atoms with Crippen LogP contribution in [0.3, 0.4) is 0 Å². The first kappa shape index (κ1) is 19.4. The largest absolute Gasteiger partial charge is 0.416 e. The first-order valence-corrected chi connectivity index (χ1v) is 9.79. The standard InChI is InChI=1S/C18H18F3N3O2S/c1-22-27(25,26)8-7-13-9-14(10-15-11-24(2)23-17(13)15)12-3-5-16(6-4-12)18(19,20)21/h3-6,9-11,22H,7-8H2,1-2H3. The van der Waals surface area contributed by atoms with Gasteiger partial charge in [-0.1, -0.05) is 12.1 Å². The summed E-state index contributed by atoms with van der Waals surface area (Å²) in [4.78, 5) is 0. The number of alkyl halides is 3. The molecule has 0 saturated heterocycles. The van der Waals surface area contributed by atoms with Gasteiger partial charge in [-0.2, -0.15) is 18.3 Å². The molecule has 9 heteroatoms. The van der Waals surface area contributed by atoms with Crippen molar-refractivity contribution in [2.24, 2.45) is 7.05 Å². The molecule has 144 valence electrons. The SMILES string of the molecule is CNS(=O)(=O)CCc1cc(-c2ccc(C(F)(F)F)cc2)cc2cn(C)nc12. The Morgan fingerprint density at radius 3 is 2.37 bits per heavy atom. The third-order valence-electron chi connectivity index (χ3n) is 4.30. The minimum Gasteiger partial charge on any atom is -0.275 e. The summed E-state index contributed by atoms with van der Waals surface area (Å²) in [6.45, 7) is 0. The van der Waals surface area contributed by atoms with Crippen molar-refractivity contribution < 1.29 is 21.6 Å². The van der Waals surface area contributed by atoms with Gasteiger partial charge in [-0.15, -0.1) is 0 Å². The van der Waals surface area contributed by atoms with Gasteiger partial charge in [0, 0.05) is 18.6 Å². The van der Waals surface area contributed by atoms with Gasteiger partial charge in [-0.05, 0) is 54.4 Å². The van der Waals surface area contributed by atoms with Crippen LogP contribution in [0.5, 0.6) is 0 Å². The lowest BCUT2D eigenvalue weighted by atomic mass is 9.98. The number of halogens is 3. The van der Waals surface area contributed by atoms with Crippen molar-refractivity contribution in [1.82, 2.24) is 14.5 Å². The molecule has 0 radical (unpaired) electrons. The highest BCUT2D eigenvalue weighted by Crippen LogP contribution is 2.32. The van der Waals surface area contributed by atoms with Gasteiger partial charge in [0.15, 0.2) is 0 Å². The molecule has 0 fully saturated rings. The highest BCUT2D eigenvalue weighted by atomic mass is 32.2. The number of sulfonamides is 1. The summed E-state index contributed by atoms with van der Waals surface area (Å²) >= 11 is 0. The summed E-state index contributed by atoms with van der Waals surface area (Å²) in [7, 11) is -0.281. The van der Waals surface area contributed by atoms with Crippen LogP contribution in [-0.4, -0.2) is 31.0 Å². The molecule has 0 amide bonds. The second-order valence-corrected chi connectivity index (χ2v) is 8.27. The third-order valence-corrected chi connectivity index (χ3v) is 5.66. The number of aryl methyl sites for hydroxylation is 2. The Morgan fingerprint density at radius 2 is 1.78 bits per heavy atom. The van der Waals surface area contributed by atoms with Crippen molar-refractivity contribution in [3.63, 3.8) is 0 Å². The molecule has 0 aliphatic carbocycles. The van der Waals surface area contributed by atoms with E-state index in [1.165, 1.54) is 19.2 Å². The van der Waals surface area contributed by atoms with E-state index >= 15 is 0 Å². The summed E-state index contributed by atoms with van der Waals surface area (Å²) < 4.78 is 65.7. The van der Waals surface area contributed by atoms with Gasteiger partial charge in [0.25, 0.3) is 0 Å². The molecule has 1 N–H and O–H groups in total. The maximum absolute atomic E-state index is 12.8. The van der Waals surface area contributed by atoms with Crippen LogP contribution < -0.4 is 4.72 Å². The summed E-state index contributed by atoms with van der Waals surface area (Å²) in [5.74, 6) is -0.106. The molecule has 0 aliphatic rings. The van der Waals surface area contributed by atoms with Gasteiger partial charge >= 0.3 is 6.18 Å². The molecule has 0 unspecified atom stereocenters. The number of rotatable bonds is 5. The lowest BCUT2D eigenvalue weighted by Gasteiger charge is -2.10. The Bertz CT molecular complexity index is 1070. The molecular weight excluding hydrogens is 379 g/mol. The van der Waals surface area contributed by atoms with Gasteiger partial charge in [0.1, 0.15) is 0 Å². The van der Waals surface area contributed by atoms with E-state index in [4.69, 9.17) is 0 Å². The van der Waals surface area contributed by atoms with Gasteiger partial charge in [0.05, 0.1) is 16.8 Å². The number of fused-ring (bicyclic) bond motifs is 1. The van der Waals surface area contributed by atoms with Crippen LogP contribution in [0.4, 0.5) is 13.2 Å². The van der Waals surface area contributed by atoms with E-state index in [-0.39, 0.29) is 12.2 Å². The van der Waals surface area contributed by atoms with Crippen LogP contribution in [0.1, 0.15) is 11.1 Å². The fraction of sp³-hybridized carbons (Fsp3) is 0.278. The molecule has 1 aromatic heterocycles. The first-order valence-electron chi connectivity index (χ1n) is 8.14.